The number of hydrogen-bond donors (Lipinski definition) is 2. The molecular formula is C12H11NO4. The highest BCUT2D eigenvalue weighted by atomic mass is 16.4. The standard InChI is InChI=1S/C12H11NO4/c13-9(11(14)15)6-8-5-7-3-1-2-4-10(7)17-12(8)16/h1-5,9H,6,13H2,(H,14,15). The number of fused-ring (bicyclic) bond motifs is 1. The van der Waals surface area contributed by atoms with Gasteiger partial charge in [-0.1, -0.05) is 18.2 Å². The summed E-state index contributed by atoms with van der Waals surface area (Å²) in [6.07, 6.45) is -0.0392. The Bertz CT molecular complexity index is 617. The van der Waals surface area contributed by atoms with Crippen LogP contribution in [0.3, 0.4) is 0 Å². The van der Waals surface area contributed by atoms with E-state index in [0.29, 0.717) is 5.58 Å². The van der Waals surface area contributed by atoms with Crippen molar-refractivity contribution in [1.29, 1.82) is 0 Å². The molecule has 1 aromatic heterocycles. The zero-order valence-electron chi connectivity index (χ0n) is 8.92. The first-order valence-corrected chi connectivity index (χ1v) is 5.08. The molecule has 17 heavy (non-hydrogen) atoms. The van der Waals surface area contributed by atoms with Crippen molar-refractivity contribution in [2.45, 2.75) is 12.5 Å². The van der Waals surface area contributed by atoms with E-state index in [1.807, 2.05) is 6.07 Å². The topological polar surface area (TPSA) is 93.5 Å². The normalized spacial score (nSPS) is 12.5. The Labute approximate surface area is 96.5 Å². The summed E-state index contributed by atoms with van der Waals surface area (Å²) in [7, 11) is 0. The molecular weight excluding hydrogens is 222 g/mol. The van der Waals surface area contributed by atoms with Crippen LogP contribution in [0.2, 0.25) is 0 Å². The third kappa shape index (κ3) is 2.34. The van der Waals surface area contributed by atoms with Gasteiger partial charge in [0.05, 0.1) is 0 Å². The quantitative estimate of drug-likeness (QED) is 0.763. The van der Waals surface area contributed by atoms with Crippen LogP contribution in [0, 0.1) is 0 Å². The van der Waals surface area contributed by atoms with Crippen LogP contribution in [-0.2, 0) is 11.2 Å². The average Bonchev–Trinajstić information content (AvgIpc) is 2.29. The van der Waals surface area contributed by atoms with Crippen LogP contribution in [-0.4, -0.2) is 17.1 Å². The van der Waals surface area contributed by atoms with E-state index in [0.717, 1.165) is 5.39 Å². The molecule has 3 N–H and O–H groups in total. The minimum absolute atomic E-state index is 0.0392. The highest BCUT2D eigenvalue weighted by molar-refractivity contribution is 5.77. The number of nitrogens with two attached hydrogens (primary N) is 1. The van der Waals surface area contributed by atoms with Crippen molar-refractivity contribution in [3.8, 4) is 0 Å². The van der Waals surface area contributed by atoms with Crippen molar-refractivity contribution in [1.82, 2.24) is 0 Å². The summed E-state index contributed by atoms with van der Waals surface area (Å²) < 4.78 is 5.07. The number of carboxylic acid groups (broad SMARTS) is 1. The molecule has 0 saturated heterocycles. The van der Waals surface area contributed by atoms with Gasteiger partial charge >= 0.3 is 11.6 Å². The minimum Gasteiger partial charge on any atom is -0.480 e. The average molecular weight is 233 g/mol. The van der Waals surface area contributed by atoms with E-state index in [-0.39, 0.29) is 12.0 Å². The van der Waals surface area contributed by atoms with Gasteiger partial charge in [0.15, 0.2) is 0 Å². The SMILES string of the molecule is NC(Cc1cc2ccccc2oc1=O)C(=O)O. The molecule has 0 aliphatic carbocycles. The first-order valence-electron chi connectivity index (χ1n) is 5.08. The van der Waals surface area contributed by atoms with Crippen LogP contribution in [0.1, 0.15) is 5.56 Å². The number of benzene rings is 1. The summed E-state index contributed by atoms with van der Waals surface area (Å²) in [5.74, 6) is -1.14. The second kappa shape index (κ2) is 4.39. The lowest BCUT2D eigenvalue weighted by atomic mass is 10.1. The maximum atomic E-state index is 11.6. The van der Waals surface area contributed by atoms with E-state index in [9.17, 15) is 9.59 Å². The van der Waals surface area contributed by atoms with Gasteiger partial charge in [-0.25, -0.2) is 4.79 Å². The van der Waals surface area contributed by atoms with E-state index >= 15 is 0 Å². The summed E-state index contributed by atoms with van der Waals surface area (Å²) in [5.41, 5.74) is 5.59. The zero-order chi connectivity index (χ0) is 12.4. The molecule has 2 aromatic rings. The van der Waals surface area contributed by atoms with Crippen molar-refractivity contribution in [2.75, 3.05) is 0 Å². The lowest BCUT2D eigenvalue weighted by Crippen LogP contribution is -2.33. The fourth-order valence-electron chi connectivity index (χ4n) is 1.57. The van der Waals surface area contributed by atoms with Gasteiger partial charge in [0.1, 0.15) is 11.6 Å². The zero-order valence-corrected chi connectivity index (χ0v) is 8.92. The van der Waals surface area contributed by atoms with Gasteiger partial charge in [0, 0.05) is 17.4 Å². The molecule has 1 aromatic carbocycles. The highest BCUT2D eigenvalue weighted by Crippen LogP contribution is 2.13. The predicted octanol–water partition coefficient (Wildman–Crippen LogP) is 0.747. The van der Waals surface area contributed by atoms with Gasteiger partial charge in [-0.2, -0.15) is 0 Å². The predicted molar refractivity (Wildman–Crippen MR) is 61.8 cm³/mol. The molecule has 0 fully saturated rings. The second-order valence-corrected chi connectivity index (χ2v) is 3.75. The Hall–Kier alpha value is -2.14. The Morgan fingerprint density at radius 3 is 2.82 bits per heavy atom. The van der Waals surface area contributed by atoms with Gasteiger partial charge < -0.3 is 15.3 Å². The molecule has 0 saturated carbocycles. The van der Waals surface area contributed by atoms with Gasteiger partial charge in [0.2, 0.25) is 0 Å². The summed E-state index contributed by atoms with van der Waals surface area (Å²) in [4.78, 5) is 22.2. The fourth-order valence-corrected chi connectivity index (χ4v) is 1.57. The van der Waals surface area contributed by atoms with Gasteiger partial charge in [-0.05, 0) is 12.1 Å². The molecule has 0 bridgehead atoms. The number of rotatable bonds is 3. The molecule has 0 spiro atoms. The third-order valence-electron chi connectivity index (χ3n) is 2.47. The third-order valence-corrected chi connectivity index (χ3v) is 2.47. The summed E-state index contributed by atoms with van der Waals surface area (Å²) in [5, 5.41) is 9.44. The lowest BCUT2D eigenvalue weighted by molar-refractivity contribution is -0.138. The molecule has 5 nitrogen and oxygen atoms in total. The largest absolute Gasteiger partial charge is 0.480 e. The number of aliphatic carboxylic acids is 1. The number of carbonyl (C=O) groups is 1. The fraction of sp³-hybridized carbons (Fsp3) is 0.167. The van der Waals surface area contributed by atoms with Gasteiger partial charge in [-0.3, -0.25) is 4.79 Å². The molecule has 1 atom stereocenters. The number of hydrogen-bond acceptors (Lipinski definition) is 4. The van der Waals surface area contributed by atoms with Crippen molar-refractivity contribution < 1.29 is 14.3 Å². The molecule has 2 rings (SSSR count). The van der Waals surface area contributed by atoms with Crippen LogP contribution in [0.15, 0.2) is 39.5 Å². The number of carboxylic acids is 1. The Balaban J connectivity index is 2.44. The molecule has 1 heterocycles. The van der Waals surface area contributed by atoms with E-state index in [1.54, 1.807) is 24.3 Å². The molecule has 0 aliphatic rings. The van der Waals surface area contributed by atoms with Crippen LogP contribution in [0.5, 0.6) is 0 Å². The first kappa shape index (κ1) is 11.3. The summed E-state index contributed by atoms with van der Waals surface area (Å²) >= 11 is 0. The maximum Gasteiger partial charge on any atom is 0.339 e. The Morgan fingerprint density at radius 2 is 2.12 bits per heavy atom. The van der Waals surface area contributed by atoms with Crippen molar-refractivity contribution >= 4 is 16.9 Å². The number of para-hydroxylation sites is 1. The van der Waals surface area contributed by atoms with Crippen LogP contribution in [0.25, 0.3) is 11.0 Å². The van der Waals surface area contributed by atoms with Gasteiger partial charge in [0.25, 0.3) is 0 Å². The minimum atomic E-state index is -1.14. The molecule has 0 radical (unpaired) electrons. The van der Waals surface area contributed by atoms with E-state index in [1.165, 1.54) is 0 Å². The van der Waals surface area contributed by atoms with E-state index in [4.69, 9.17) is 15.3 Å². The molecule has 0 amide bonds. The van der Waals surface area contributed by atoms with Crippen molar-refractivity contribution in [2.24, 2.45) is 5.73 Å². The van der Waals surface area contributed by atoms with Crippen LogP contribution in [0.4, 0.5) is 0 Å². The second-order valence-electron chi connectivity index (χ2n) is 3.75. The molecule has 88 valence electrons. The Morgan fingerprint density at radius 1 is 1.41 bits per heavy atom. The smallest absolute Gasteiger partial charge is 0.339 e. The maximum absolute atomic E-state index is 11.6. The van der Waals surface area contributed by atoms with Crippen LogP contribution >= 0.6 is 0 Å². The Kier molecular flexibility index (Phi) is 2.93. The monoisotopic (exact) mass is 233 g/mol. The molecule has 5 heteroatoms. The van der Waals surface area contributed by atoms with E-state index < -0.39 is 17.6 Å². The molecule has 0 aliphatic heterocycles. The highest BCUT2D eigenvalue weighted by Gasteiger charge is 2.15. The van der Waals surface area contributed by atoms with E-state index in [2.05, 4.69) is 0 Å². The lowest BCUT2D eigenvalue weighted by Gasteiger charge is -2.05. The summed E-state index contributed by atoms with van der Waals surface area (Å²) in [6.45, 7) is 0. The van der Waals surface area contributed by atoms with Crippen molar-refractivity contribution in [3.63, 3.8) is 0 Å². The van der Waals surface area contributed by atoms with Crippen LogP contribution < -0.4 is 11.4 Å². The van der Waals surface area contributed by atoms with Crippen molar-refractivity contribution in [3.05, 3.63) is 46.3 Å². The van der Waals surface area contributed by atoms with Gasteiger partial charge in [-0.15, -0.1) is 0 Å². The summed E-state index contributed by atoms with van der Waals surface area (Å²) in [6, 6.07) is 7.55. The molecule has 1 unspecified atom stereocenters. The first-order chi connectivity index (χ1) is 8.08.